The molecule has 140 valence electrons. The molecular weight excluding hydrogens is 356 g/mol. The van der Waals surface area contributed by atoms with Gasteiger partial charge in [-0.2, -0.15) is 0 Å². The lowest BCUT2D eigenvalue weighted by molar-refractivity contribution is 0.327. The molecule has 0 bridgehead atoms. The molecule has 0 saturated carbocycles. The number of nitrogens with one attached hydrogen (secondary N) is 2. The standard InChI is InChI=1S/C22H24N2O2S/c1-22(2,3)23-20-17-13-7-9-15-10-8-14-18(19(15)17)21(20)24-27(25,26)16-11-5-4-6-12-16/h4-14,20-21,23-24H,1-3H3/t20-,21+/m0/s1. The monoisotopic (exact) mass is 380 g/mol. The third-order valence-electron chi connectivity index (χ3n) is 4.90. The molecule has 3 aromatic rings. The van der Waals surface area contributed by atoms with E-state index < -0.39 is 10.0 Å². The first kappa shape index (κ1) is 18.2. The van der Waals surface area contributed by atoms with Crippen LogP contribution in [0.25, 0.3) is 10.8 Å². The van der Waals surface area contributed by atoms with Crippen LogP contribution in [0.2, 0.25) is 0 Å². The van der Waals surface area contributed by atoms with Crippen molar-refractivity contribution in [3.63, 3.8) is 0 Å². The highest BCUT2D eigenvalue weighted by Crippen LogP contribution is 2.45. The van der Waals surface area contributed by atoms with Crippen LogP contribution in [0.3, 0.4) is 0 Å². The number of sulfonamides is 1. The van der Waals surface area contributed by atoms with E-state index in [-0.39, 0.29) is 22.5 Å². The summed E-state index contributed by atoms with van der Waals surface area (Å²) in [4.78, 5) is 0.280. The van der Waals surface area contributed by atoms with Crippen LogP contribution in [0.1, 0.15) is 44.0 Å². The molecule has 5 heteroatoms. The van der Waals surface area contributed by atoms with E-state index in [0.29, 0.717) is 0 Å². The summed E-state index contributed by atoms with van der Waals surface area (Å²) in [6.07, 6.45) is 0. The van der Waals surface area contributed by atoms with Gasteiger partial charge >= 0.3 is 0 Å². The maximum atomic E-state index is 13.0. The van der Waals surface area contributed by atoms with Crippen LogP contribution in [-0.2, 0) is 10.0 Å². The molecule has 27 heavy (non-hydrogen) atoms. The summed E-state index contributed by atoms with van der Waals surface area (Å²) < 4.78 is 29.0. The first-order valence-electron chi connectivity index (χ1n) is 9.13. The molecule has 1 aliphatic rings. The van der Waals surface area contributed by atoms with Gasteiger partial charge in [-0.3, -0.25) is 0 Å². The van der Waals surface area contributed by atoms with E-state index in [2.05, 4.69) is 49.0 Å². The molecule has 2 atom stereocenters. The molecule has 0 saturated heterocycles. The van der Waals surface area contributed by atoms with Gasteiger partial charge in [-0.1, -0.05) is 54.6 Å². The maximum Gasteiger partial charge on any atom is 0.241 e. The van der Waals surface area contributed by atoms with Crippen LogP contribution < -0.4 is 10.0 Å². The summed E-state index contributed by atoms with van der Waals surface area (Å²) in [6, 6.07) is 20.3. The Balaban J connectivity index is 1.82. The zero-order chi connectivity index (χ0) is 19.2. The zero-order valence-corrected chi connectivity index (χ0v) is 16.5. The Morgan fingerprint density at radius 2 is 1.37 bits per heavy atom. The lowest BCUT2D eigenvalue weighted by Gasteiger charge is -2.31. The minimum atomic E-state index is -3.64. The Kier molecular flexibility index (Phi) is 4.34. The van der Waals surface area contributed by atoms with E-state index in [1.54, 1.807) is 24.3 Å². The molecule has 1 aliphatic carbocycles. The Morgan fingerprint density at radius 1 is 0.778 bits per heavy atom. The predicted octanol–water partition coefficient (Wildman–Crippen LogP) is 4.30. The zero-order valence-electron chi connectivity index (χ0n) is 15.7. The topological polar surface area (TPSA) is 58.2 Å². The van der Waals surface area contributed by atoms with Crippen molar-refractivity contribution in [1.82, 2.24) is 10.0 Å². The van der Waals surface area contributed by atoms with Gasteiger partial charge in [-0.15, -0.1) is 0 Å². The Hall–Kier alpha value is -2.21. The Bertz CT molecular complexity index is 1080. The smallest absolute Gasteiger partial charge is 0.241 e. The molecular formula is C22H24N2O2S. The largest absolute Gasteiger partial charge is 0.304 e. The number of hydrogen-bond donors (Lipinski definition) is 2. The van der Waals surface area contributed by atoms with Crippen LogP contribution in [0.5, 0.6) is 0 Å². The number of rotatable bonds is 4. The molecule has 2 N–H and O–H groups in total. The van der Waals surface area contributed by atoms with E-state index >= 15 is 0 Å². The fourth-order valence-electron chi connectivity index (χ4n) is 3.87. The average molecular weight is 381 g/mol. The first-order valence-corrected chi connectivity index (χ1v) is 10.6. The molecule has 4 nitrogen and oxygen atoms in total. The van der Waals surface area contributed by atoms with Gasteiger partial charge in [0, 0.05) is 5.54 Å². The lowest BCUT2D eigenvalue weighted by Crippen LogP contribution is -2.44. The van der Waals surface area contributed by atoms with Gasteiger partial charge in [0.1, 0.15) is 0 Å². The van der Waals surface area contributed by atoms with E-state index in [4.69, 9.17) is 0 Å². The Labute approximate surface area is 160 Å². The van der Waals surface area contributed by atoms with Gasteiger partial charge in [0.15, 0.2) is 0 Å². The fourth-order valence-corrected chi connectivity index (χ4v) is 5.12. The molecule has 0 amide bonds. The molecule has 4 rings (SSSR count). The van der Waals surface area contributed by atoms with Crippen molar-refractivity contribution in [1.29, 1.82) is 0 Å². The predicted molar refractivity (Wildman–Crippen MR) is 109 cm³/mol. The molecule has 3 aromatic carbocycles. The van der Waals surface area contributed by atoms with E-state index in [1.807, 2.05) is 24.3 Å². The molecule has 0 heterocycles. The van der Waals surface area contributed by atoms with E-state index in [0.717, 1.165) is 21.9 Å². The average Bonchev–Trinajstić information content (AvgIpc) is 2.90. The quantitative estimate of drug-likeness (QED) is 0.709. The van der Waals surface area contributed by atoms with Crippen LogP contribution in [0, 0.1) is 0 Å². The second-order valence-corrected chi connectivity index (χ2v) is 9.79. The van der Waals surface area contributed by atoms with Gasteiger partial charge in [-0.05, 0) is 54.8 Å². The SMILES string of the molecule is CC(C)(C)N[C@H]1c2cccc3cccc(c23)[C@H]1NS(=O)(=O)c1ccccc1. The van der Waals surface area contributed by atoms with Crippen molar-refractivity contribution < 1.29 is 8.42 Å². The lowest BCUT2D eigenvalue weighted by atomic mass is 10.0. The Morgan fingerprint density at radius 3 is 1.96 bits per heavy atom. The summed E-state index contributed by atoms with van der Waals surface area (Å²) in [5.41, 5.74) is 1.99. The molecule has 0 fully saturated rings. The van der Waals surface area contributed by atoms with Crippen molar-refractivity contribution in [3.8, 4) is 0 Å². The normalized spacial score (nSPS) is 19.5. The van der Waals surface area contributed by atoms with Crippen LogP contribution in [0.15, 0.2) is 71.6 Å². The highest BCUT2D eigenvalue weighted by molar-refractivity contribution is 7.89. The number of hydrogen-bond acceptors (Lipinski definition) is 3. The highest BCUT2D eigenvalue weighted by atomic mass is 32.2. The van der Waals surface area contributed by atoms with Crippen molar-refractivity contribution in [2.45, 2.75) is 43.3 Å². The third kappa shape index (κ3) is 3.38. The summed E-state index contributed by atoms with van der Waals surface area (Å²) in [5.74, 6) is 0. The fraction of sp³-hybridized carbons (Fsp3) is 0.273. The van der Waals surface area contributed by atoms with Crippen molar-refractivity contribution in [2.24, 2.45) is 0 Å². The van der Waals surface area contributed by atoms with Gasteiger partial charge in [0.25, 0.3) is 0 Å². The van der Waals surface area contributed by atoms with Gasteiger partial charge in [0.05, 0.1) is 17.0 Å². The van der Waals surface area contributed by atoms with Crippen LogP contribution in [-0.4, -0.2) is 14.0 Å². The van der Waals surface area contributed by atoms with Crippen LogP contribution >= 0.6 is 0 Å². The molecule has 0 aromatic heterocycles. The van der Waals surface area contributed by atoms with Crippen molar-refractivity contribution in [3.05, 3.63) is 77.9 Å². The summed E-state index contributed by atoms with van der Waals surface area (Å²) in [5, 5.41) is 5.89. The van der Waals surface area contributed by atoms with E-state index in [9.17, 15) is 8.42 Å². The van der Waals surface area contributed by atoms with Crippen molar-refractivity contribution in [2.75, 3.05) is 0 Å². The maximum absolute atomic E-state index is 13.0. The third-order valence-corrected chi connectivity index (χ3v) is 6.35. The van der Waals surface area contributed by atoms with Gasteiger partial charge < -0.3 is 5.32 Å². The second kappa shape index (κ2) is 6.44. The highest BCUT2D eigenvalue weighted by Gasteiger charge is 2.38. The molecule has 0 radical (unpaired) electrons. The number of benzene rings is 3. The molecule has 0 spiro atoms. The molecule has 0 aliphatic heterocycles. The van der Waals surface area contributed by atoms with E-state index in [1.165, 1.54) is 0 Å². The molecule has 0 unspecified atom stereocenters. The van der Waals surface area contributed by atoms with Gasteiger partial charge in [0.2, 0.25) is 10.0 Å². The summed E-state index contributed by atoms with van der Waals surface area (Å²) in [6.45, 7) is 6.29. The second-order valence-electron chi connectivity index (χ2n) is 8.08. The van der Waals surface area contributed by atoms with Crippen molar-refractivity contribution >= 4 is 20.8 Å². The summed E-state index contributed by atoms with van der Waals surface area (Å²) >= 11 is 0. The minimum Gasteiger partial charge on any atom is -0.304 e. The first-order chi connectivity index (χ1) is 12.8. The van der Waals surface area contributed by atoms with Crippen LogP contribution in [0.4, 0.5) is 0 Å². The summed E-state index contributed by atoms with van der Waals surface area (Å²) in [7, 11) is -3.64. The van der Waals surface area contributed by atoms with Gasteiger partial charge in [-0.25, -0.2) is 13.1 Å². The minimum absolute atomic E-state index is 0.135.